The number of aromatic nitrogens is 3. The Balaban J connectivity index is 2.05. The van der Waals surface area contributed by atoms with E-state index in [0.29, 0.717) is 5.52 Å². The monoisotopic (exact) mass is 668 g/mol. The number of carbonyl (C=O) groups excluding carboxylic acids is 3. The Labute approximate surface area is 266 Å². The molecule has 0 saturated carbocycles. The second-order valence-corrected chi connectivity index (χ2v) is 13.7. The molecule has 3 rings (SSSR count). The van der Waals surface area contributed by atoms with E-state index in [1.807, 2.05) is 6.07 Å². The van der Waals surface area contributed by atoms with Gasteiger partial charge in [0, 0.05) is 0 Å². The fourth-order valence-corrected chi connectivity index (χ4v) is 5.49. The molecule has 1 aliphatic heterocycles. The Morgan fingerprint density at radius 2 is 1.76 bits per heavy atom. The molecule has 18 heteroatoms. The number of aliphatic hydroxyl groups is 2. The van der Waals surface area contributed by atoms with Gasteiger partial charge < -0.3 is 39.4 Å². The van der Waals surface area contributed by atoms with Gasteiger partial charge in [0.15, 0.2) is 18.0 Å². The largest absolute Gasteiger partial charge is 0.462 e. The van der Waals surface area contributed by atoms with Crippen LogP contribution in [0.4, 0.5) is 5.82 Å². The van der Waals surface area contributed by atoms with Crippen molar-refractivity contribution in [3.8, 4) is 6.07 Å². The number of hydrogen-bond acceptors (Lipinski definition) is 15. The Morgan fingerprint density at radius 3 is 2.33 bits per heavy atom. The minimum absolute atomic E-state index is 0.104. The summed E-state index contributed by atoms with van der Waals surface area (Å²) in [5.41, 5.74) is 1.28. The van der Waals surface area contributed by atoms with Gasteiger partial charge in [0.1, 0.15) is 36.7 Å². The molecule has 46 heavy (non-hydrogen) atoms. The second kappa shape index (κ2) is 14.4. The number of anilines is 1. The van der Waals surface area contributed by atoms with Crippen molar-refractivity contribution < 1.29 is 52.6 Å². The Bertz CT molecular complexity index is 1500. The van der Waals surface area contributed by atoms with Gasteiger partial charge >= 0.3 is 17.9 Å². The summed E-state index contributed by atoms with van der Waals surface area (Å²) in [6, 6.07) is 3.96. The molecule has 254 valence electrons. The molecular weight excluding hydrogens is 627 g/mol. The van der Waals surface area contributed by atoms with E-state index in [9.17, 15) is 34.4 Å². The van der Waals surface area contributed by atoms with Crippen molar-refractivity contribution in [2.24, 2.45) is 0 Å². The first kappa shape index (κ1) is 36.8. The lowest BCUT2D eigenvalue weighted by Crippen LogP contribution is -2.50. The molecule has 2 aromatic heterocycles. The van der Waals surface area contributed by atoms with Crippen molar-refractivity contribution in [2.75, 3.05) is 12.3 Å². The van der Waals surface area contributed by atoms with Crippen LogP contribution < -0.4 is 10.8 Å². The molecule has 1 aliphatic rings. The van der Waals surface area contributed by atoms with Gasteiger partial charge in [-0.15, -0.1) is 0 Å². The second-order valence-electron chi connectivity index (χ2n) is 12.5. The van der Waals surface area contributed by atoms with E-state index in [0.717, 1.165) is 0 Å². The molecule has 17 nitrogen and oxygen atoms in total. The van der Waals surface area contributed by atoms with Crippen LogP contribution >= 0.6 is 8.18 Å². The first-order chi connectivity index (χ1) is 21.2. The maximum atomic E-state index is 13.1. The fourth-order valence-electron chi connectivity index (χ4n) is 4.59. The highest BCUT2D eigenvalue weighted by atomic mass is 31.1. The number of nitrogens with zero attached hydrogens (tertiary/aromatic N) is 4. The van der Waals surface area contributed by atoms with E-state index in [4.69, 9.17) is 29.2 Å². The molecule has 3 heterocycles. The van der Waals surface area contributed by atoms with Gasteiger partial charge in [-0.2, -0.15) is 10.4 Å². The van der Waals surface area contributed by atoms with Crippen molar-refractivity contribution in [3.63, 3.8) is 0 Å². The first-order valence-corrected chi connectivity index (χ1v) is 15.7. The minimum atomic E-state index is -3.25. The number of nitrogens with one attached hydrogen (secondary N) is 1. The molecule has 5 N–H and O–H groups in total. The molecular formula is C28H41N6O11P. The zero-order valence-corrected chi connectivity index (χ0v) is 27.7. The third kappa shape index (κ3) is 9.44. The molecule has 0 amide bonds. The lowest BCUT2D eigenvalue weighted by atomic mass is 9.95. The number of fused-ring (bicyclic) bond motifs is 1. The smallest absolute Gasteiger partial charge is 0.323 e. The minimum Gasteiger partial charge on any atom is -0.462 e. The van der Waals surface area contributed by atoms with Gasteiger partial charge in [0.2, 0.25) is 5.60 Å². The van der Waals surface area contributed by atoms with Crippen LogP contribution in [0.15, 0.2) is 18.5 Å². The molecule has 6 atom stereocenters. The molecule has 2 aromatic rings. The zero-order chi connectivity index (χ0) is 34.6. The number of hydrogen-bond donors (Lipinski definition) is 4. The van der Waals surface area contributed by atoms with E-state index in [2.05, 4.69) is 15.2 Å². The highest BCUT2D eigenvalue weighted by Gasteiger charge is 2.62. The van der Waals surface area contributed by atoms with Crippen LogP contribution in [0.25, 0.3) is 5.52 Å². The lowest BCUT2D eigenvalue weighted by Gasteiger charge is -2.30. The summed E-state index contributed by atoms with van der Waals surface area (Å²) in [7, 11) is -3.25. The van der Waals surface area contributed by atoms with Crippen molar-refractivity contribution >= 4 is 37.4 Å². The molecule has 0 radical (unpaired) electrons. The topological polar surface area (TPSA) is 247 Å². The van der Waals surface area contributed by atoms with Crippen molar-refractivity contribution in [1.82, 2.24) is 19.7 Å². The van der Waals surface area contributed by atoms with Gasteiger partial charge in [0.25, 0.3) is 8.18 Å². The average Bonchev–Trinajstić information content (AvgIpc) is 3.45. The number of esters is 3. The third-order valence-corrected chi connectivity index (χ3v) is 7.60. The fraction of sp³-hybridized carbons (Fsp3) is 0.643. The number of rotatable bonds is 14. The highest BCUT2D eigenvalue weighted by Crippen LogP contribution is 2.45. The normalized spacial score (nSPS) is 23.1. The number of nitriles is 1. The van der Waals surface area contributed by atoms with Crippen LogP contribution in [0.2, 0.25) is 0 Å². The maximum absolute atomic E-state index is 13.1. The van der Waals surface area contributed by atoms with E-state index < -0.39 is 92.8 Å². The number of nitrogen functional groups attached to an aromatic ring is 1. The van der Waals surface area contributed by atoms with Crippen molar-refractivity contribution in [2.45, 2.75) is 109 Å². The average molecular weight is 669 g/mol. The number of ether oxygens (including phenoxy) is 4. The summed E-state index contributed by atoms with van der Waals surface area (Å²) in [5, 5.41) is 37.7. The van der Waals surface area contributed by atoms with Gasteiger partial charge in [-0.05, 0) is 60.6 Å². The third-order valence-electron chi connectivity index (χ3n) is 6.52. The molecule has 0 aromatic carbocycles. The molecule has 1 unspecified atom stereocenters. The van der Waals surface area contributed by atoms with Crippen LogP contribution in [0.1, 0.15) is 73.1 Å². The summed E-state index contributed by atoms with van der Waals surface area (Å²) < 4.78 is 42.4. The summed E-state index contributed by atoms with van der Waals surface area (Å²) in [6.07, 6.45) is -4.89. The van der Waals surface area contributed by atoms with Crippen LogP contribution in [-0.4, -0.2) is 90.5 Å². The predicted octanol–water partition coefficient (Wildman–Crippen LogP) is 1.13. The summed E-state index contributed by atoms with van der Waals surface area (Å²) in [6.45, 7) is 9.40. The maximum Gasteiger partial charge on any atom is 0.323 e. The van der Waals surface area contributed by atoms with Crippen LogP contribution in [-0.2, 0) is 42.4 Å². The Morgan fingerprint density at radius 1 is 1.15 bits per heavy atom. The Hall–Kier alpha value is -3.65. The van der Waals surface area contributed by atoms with Gasteiger partial charge in [-0.25, -0.2) is 14.6 Å². The van der Waals surface area contributed by atoms with E-state index in [1.54, 1.807) is 19.9 Å². The van der Waals surface area contributed by atoms with E-state index in [-0.39, 0.29) is 11.5 Å². The van der Waals surface area contributed by atoms with Crippen molar-refractivity contribution in [3.05, 3.63) is 24.2 Å². The number of nitrogens with two attached hydrogens (primary N) is 1. The quantitative estimate of drug-likeness (QED) is 0.125. The van der Waals surface area contributed by atoms with Crippen LogP contribution in [0.3, 0.4) is 0 Å². The van der Waals surface area contributed by atoms with E-state index in [1.165, 1.54) is 51.5 Å². The van der Waals surface area contributed by atoms with Crippen LogP contribution in [0.5, 0.6) is 0 Å². The molecule has 0 bridgehead atoms. The molecule has 0 aliphatic carbocycles. The van der Waals surface area contributed by atoms with Crippen LogP contribution in [0, 0.1) is 11.3 Å². The first-order valence-electron chi connectivity index (χ1n) is 14.4. The standard InChI is InChI=1S/C28H41N6O11P/c1-15(2)42-25(37)16(3)33-46(40)41-13-28(12-29)23(44-20(36)11-27(6,7)39)22(43-19(35)10-26(4,5)38)21(45-28)17-8-9-18-24(30)31-14-32-34(17)18/h8-9,14-16,21-23,38-39,46H,10-11,13H2,1-7H3,(H,33,40)(H2,30,31,32)/t16-,21-,22-,23-,28+/m0/s1. The summed E-state index contributed by atoms with van der Waals surface area (Å²) in [5.74, 6) is -2.49. The molecule has 1 saturated heterocycles. The van der Waals surface area contributed by atoms with Gasteiger partial charge in [-0.3, -0.25) is 18.9 Å². The van der Waals surface area contributed by atoms with E-state index >= 15 is 0 Å². The van der Waals surface area contributed by atoms with Gasteiger partial charge in [-0.1, -0.05) is 0 Å². The zero-order valence-electron chi connectivity index (χ0n) is 26.7. The summed E-state index contributed by atoms with van der Waals surface area (Å²) in [4.78, 5) is 42.2. The number of carbonyl (C=O) groups is 3. The van der Waals surface area contributed by atoms with Crippen molar-refractivity contribution in [1.29, 1.82) is 5.26 Å². The predicted molar refractivity (Wildman–Crippen MR) is 160 cm³/mol. The highest BCUT2D eigenvalue weighted by molar-refractivity contribution is 7.36. The molecule has 0 spiro atoms. The lowest BCUT2D eigenvalue weighted by molar-refractivity contribution is -0.174. The molecule has 1 fully saturated rings. The van der Waals surface area contributed by atoms with Gasteiger partial charge in [0.05, 0.1) is 35.8 Å². The summed E-state index contributed by atoms with van der Waals surface area (Å²) >= 11 is 0. The Kier molecular flexibility index (Phi) is 11.5. The SMILES string of the molecule is CC(C)OC(=O)[C@H](C)N[PH](=O)OC[C@@]1(C#N)O[C@@H](c2ccc3c(N)ncnn23)[C@H](OC(=O)CC(C)(C)O)[C@@H]1OC(=O)CC(C)(C)O.